The molecule has 1 aromatic rings. The molecule has 4 heteroatoms. The van der Waals surface area contributed by atoms with Crippen LogP contribution >= 0.6 is 11.6 Å². The fourth-order valence-corrected chi connectivity index (χ4v) is 2.10. The molecule has 16 heavy (non-hydrogen) atoms. The van der Waals surface area contributed by atoms with Crippen molar-refractivity contribution < 1.29 is 9.53 Å². The van der Waals surface area contributed by atoms with E-state index in [1.165, 1.54) is 0 Å². The summed E-state index contributed by atoms with van der Waals surface area (Å²) in [5.74, 6) is 0.839. The van der Waals surface area contributed by atoms with Crippen LogP contribution in [0.3, 0.4) is 0 Å². The second-order valence-electron chi connectivity index (χ2n) is 3.82. The van der Waals surface area contributed by atoms with E-state index in [2.05, 4.69) is 0 Å². The Morgan fingerprint density at radius 2 is 2.19 bits per heavy atom. The quantitative estimate of drug-likeness (QED) is 0.794. The molecule has 1 saturated heterocycles. The molecule has 1 aliphatic heterocycles. The zero-order chi connectivity index (χ0) is 11.5. The number of amides is 1. The monoisotopic (exact) mass is 239 g/mol. The summed E-state index contributed by atoms with van der Waals surface area (Å²) >= 11 is 5.95. The van der Waals surface area contributed by atoms with E-state index in [0.717, 1.165) is 25.1 Å². The third-order valence-electron chi connectivity index (χ3n) is 2.76. The zero-order valence-electron chi connectivity index (χ0n) is 9.20. The van der Waals surface area contributed by atoms with Gasteiger partial charge in [-0.1, -0.05) is 11.6 Å². The second-order valence-corrected chi connectivity index (χ2v) is 4.26. The topological polar surface area (TPSA) is 29.5 Å². The third kappa shape index (κ3) is 2.14. The normalized spacial score (nSPS) is 16.4. The lowest BCUT2D eigenvalue weighted by Crippen LogP contribution is -2.35. The van der Waals surface area contributed by atoms with E-state index in [4.69, 9.17) is 16.3 Å². The van der Waals surface area contributed by atoms with Crippen molar-refractivity contribution in [3.05, 3.63) is 23.2 Å². The SMILES string of the molecule is COc1ccc(Cl)cc1N1CCCCC1=O. The summed E-state index contributed by atoms with van der Waals surface area (Å²) in [5, 5.41) is 0.620. The Bertz CT molecular complexity index is 406. The van der Waals surface area contributed by atoms with Gasteiger partial charge >= 0.3 is 0 Å². The van der Waals surface area contributed by atoms with Gasteiger partial charge in [0.2, 0.25) is 5.91 Å². The van der Waals surface area contributed by atoms with E-state index in [1.807, 2.05) is 0 Å². The molecule has 0 N–H and O–H groups in total. The first-order valence-electron chi connectivity index (χ1n) is 5.36. The van der Waals surface area contributed by atoms with Crippen molar-refractivity contribution in [1.29, 1.82) is 0 Å². The van der Waals surface area contributed by atoms with Gasteiger partial charge in [0.1, 0.15) is 5.75 Å². The molecule has 1 aliphatic rings. The first kappa shape index (κ1) is 11.3. The molecule has 0 bridgehead atoms. The minimum Gasteiger partial charge on any atom is -0.495 e. The van der Waals surface area contributed by atoms with Gasteiger partial charge in [0, 0.05) is 18.0 Å². The Morgan fingerprint density at radius 3 is 2.88 bits per heavy atom. The molecule has 0 atom stereocenters. The van der Waals surface area contributed by atoms with Gasteiger partial charge in [0.15, 0.2) is 0 Å². The summed E-state index contributed by atoms with van der Waals surface area (Å²) in [4.78, 5) is 13.6. The Labute approximate surface area is 100.0 Å². The van der Waals surface area contributed by atoms with E-state index >= 15 is 0 Å². The number of carbonyl (C=O) groups is 1. The van der Waals surface area contributed by atoms with E-state index in [-0.39, 0.29) is 5.91 Å². The van der Waals surface area contributed by atoms with Crippen molar-refractivity contribution in [2.24, 2.45) is 0 Å². The minimum absolute atomic E-state index is 0.145. The van der Waals surface area contributed by atoms with Crippen molar-refractivity contribution in [2.75, 3.05) is 18.6 Å². The van der Waals surface area contributed by atoms with Crippen LogP contribution in [0.5, 0.6) is 5.75 Å². The van der Waals surface area contributed by atoms with Crippen molar-refractivity contribution in [1.82, 2.24) is 0 Å². The average Bonchev–Trinajstić information content (AvgIpc) is 2.29. The lowest BCUT2D eigenvalue weighted by molar-refractivity contribution is -0.119. The Hall–Kier alpha value is -1.22. The molecule has 1 fully saturated rings. The molecule has 0 spiro atoms. The fraction of sp³-hybridized carbons (Fsp3) is 0.417. The summed E-state index contributed by atoms with van der Waals surface area (Å²) in [6, 6.07) is 5.33. The van der Waals surface area contributed by atoms with E-state index in [1.54, 1.807) is 30.2 Å². The second kappa shape index (κ2) is 4.74. The lowest BCUT2D eigenvalue weighted by atomic mass is 10.1. The number of rotatable bonds is 2. The molecule has 0 aliphatic carbocycles. The number of ether oxygens (including phenoxy) is 1. The van der Waals surface area contributed by atoms with Gasteiger partial charge in [-0.3, -0.25) is 4.79 Å². The predicted molar refractivity (Wildman–Crippen MR) is 64.2 cm³/mol. The molecule has 0 aromatic heterocycles. The summed E-state index contributed by atoms with van der Waals surface area (Å²) in [7, 11) is 1.60. The maximum absolute atomic E-state index is 11.8. The van der Waals surface area contributed by atoms with E-state index in [0.29, 0.717) is 17.2 Å². The molecule has 3 nitrogen and oxygen atoms in total. The molecule has 0 radical (unpaired) electrons. The standard InChI is InChI=1S/C12H14ClNO2/c1-16-11-6-5-9(13)8-10(11)14-7-3-2-4-12(14)15/h5-6,8H,2-4,7H2,1H3. The molecule has 0 unspecified atom stereocenters. The third-order valence-corrected chi connectivity index (χ3v) is 2.99. The highest BCUT2D eigenvalue weighted by molar-refractivity contribution is 6.31. The molecular weight excluding hydrogens is 226 g/mol. The van der Waals surface area contributed by atoms with Crippen LogP contribution in [0.1, 0.15) is 19.3 Å². The smallest absolute Gasteiger partial charge is 0.227 e. The number of halogens is 1. The fourth-order valence-electron chi connectivity index (χ4n) is 1.93. The largest absolute Gasteiger partial charge is 0.495 e. The summed E-state index contributed by atoms with van der Waals surface area (Å²) in [5.41, 5.74) is 0.778. The van der Waals surface area contributed by atoms with Crippen LogP contribution in [0.25, 0.3) is 0 Å². The molecule has 1 aromatic carbocycles. The number of nitrogens with zero attached hydrogens (tertiary/aromatic N) is 1. The summed E-state index contributed by atoms with van der Waals surface area (Å²) in [6.45, 7) is 0.746. The van der Waals surface area contributed by atoms with Gasteiger partial charge in [0.25, 0.3) is 0 Å². The molecule has 2 rings (SSSR count). The highest BCUT2D eigenvalue weighted by Crippen LogP contribution is 2.33. The van der Waals surface area contributed by atoms with E-state index < -0.39 is 0 Å². The van der Waals surface area contributed by atoms with Gasteiger partial charge in [-0.25, -0.2) is 0 Å². The first-order chi connectivity index (χ1) is 7.72. The van der Waals surface area contributed by atoms with Crippen LogP contribution in [0.4, 0.5) is 5.69 Å². The Kier molecular flexibility index (Phi) is 3.34. The van der Waals surface area contributed by atoms with Crippen LogP contribution in [0.2, 0.25) is 5.02 Å². The van der Waals surface area contributed by atoms with Crippen LogP contribution in [0, 0.1) is 0 Å². The van der Waals surface area contributed by atoms with E-state index in [9.17, 15) is 4.79 Å². The number of hydrogen-bond acceptors (Lipinski definition) is 2. The molecule has 86 valence electrons. The lowest BCUT2D eigenvalue weighted by Gasteiger charge is -2.28. The van der Waals surface area contributed by atoms with Gasteiger partial charge in [-0.2, -0.15) is 0 Å². The van der Waals surface area contributed by atoms with Crippen molar-refractivity contribution in [2.45, 2.75) is 19.3 Å². The molecule has 1 heterocycles. The molecular formula is C12H14ClNO2. The van der Waals surface area contributed by atoms with Crippen LogP contribution in [-0.4, -0.2) is 19.6 Å². The number of carbonyl (C=O) groups excluding carboxylic acids is 1. The van der Waals surface area contributed by atoms with Crippen LogP contribution < -0.4 is 9.64 Å². The Balaban J connectivity index is 2.36. The Morgan fingerprint density at radius 1 is 1.38 bits per heavy atom. The van der Waals surface area contributed by atoms with Gasteiger partial charge in [-0.15, -0.1) is 0 Å². The number of piperidine rings is 1. The van der Waals surface area contributed by atoms with Crippen molar-refractivity contribution in [3.63, 3.8) is 0 Å². The maximum Gasteiger partial charge on any atom is 0.227 e. The number of methoxy groups -OCH3 is 1. The summed E-state index contributed by atoms with van der Waals surface area (Å²) < 4.78 is 5.25. The van der Waals surface area contributed by atoms with Gasteiger partial charge in [-0.05, 0) is 31.0 Å². The number of hydrogen-bond donors (Lipinski definition) is 0. The average molecular weight is 240 g/mol. The number of anilines is 1. The molecule has 0 saturated carbocycles. The van der Waals surface area contributed by atoms with Crippen molar-refractivity contribution in [3.8, 4) is 5.75 Å². The first-order valence-corrected chi connectivity index (χ1v) is 5.74. The highest BCUT2D eigenvalue weighted by atomic mass is 35.5. The molecule has 1 amide bonds. The predicted octanol–water partition coefficient (Wildman–Crippen LogP) is 2.87. The van der Waals surface area contributed by atoms with Gasteiger partial charge < -0.3 is 9.64 Å². The maximum atomic E-state index is 11.8. The summed E-state index contributed by atoms with van der Waals surface area (Å²) in [6.07, 6.45) is 2.61. The highest BCUT2D eigenvalue weighted by Gasteiger charge is 2.22. The van der Waals surface area contributed by atoms with Gasteiger partial charge in [0.05, 0.1) is 12.8 Å². The number of benzene rings is 1. The zero-order valence-corrected chi connectivity index (χ0v) is 9.96. The van der Waals surface area contributed by atoms with Crippen LogP contribution in [0.15, 0.2) is 18.2 Å². The van der Waals surface area contributed by atoms with Crippen LogP contribution in [-0.2, 0) is 4.79 Å². The van der Waals surface area contributed by atoms with Crippen molar-refractivity contribution >= 4 is 23.2 Å². The minimum atomic E-state index is 0.145.